The van der Waals surface area contributed by atoms with Crippen molar-refractivity contribution >= 4 is 23.4 Å². The number of nitrogens with zero attached hydrogens (tertiary/aromatic N) is 1. The number of aryl methyl sites for hydroxylation is 1. The number of aliphatic carboxylic acids is 1. The van der Waals surface area contributed by atoms with E-state index in [1.165, 1.54) is 0 Å². The first-order valence-corrected chi connectivity index (χ1v) is 6.34. The van der Waals surface area contributed by atoms with E-state index in [1.54, 1.807) is 42.6 Å². The van der Waals surface area contributed by atoms with Gasteiger partial charge in [0.1, 0.15) is 0 Å². The number of benzene rings is 1. The number of hydrogen-bond acceptors (Lipinski definition) is 3. The van der Waals surface area contributed by atoms with E-state index in [0.29, 0.717) is 16.9 Å². The highest BCUT2D eigenvalue weighted by Crippen LogP contribution is 2.12. The van der Waals surface area contributed by atoms with Gasteiger partial charge in [-0.3, -0.25) is 9.78 Å². The van der Waals surface area contributed by atoms with Gasteiger partial charge in [-0.25, -0.2) is 4.79 Å². The molecule has 2 amide bonds. The second-order valence-electron chi connectivity index (χ2n) is 4.54. The normalized spacial score (nSPS) is 9.95. The molecule has 0 aliphatic carbocycles. The fraction of sp³-hybridized carbons (Fsp3) is 0.133. The van der Waals surface area contributed by atoms with Crippen LogP contribution in [0.1, 0.15) is 11.3 Å². The van der Waals surface area contributed by atoms with E-state index in [-0.39, 0.29) is 6.42 Å². The Bertz CT molecular complexity index is 653. The molecule has 2 rings (SSSR count). The van der Waals surface area contributed by atoms with Crippen LogP contribution in [0.25, 0.3) is 0 Å². The molecule has 0 unspecified atom stereocenters. The average Bonchev–Trinajstić information content (AvgIpc) is 2.41. The van der Waals surface area contributed by atoms with Crippen LogP contribution < -0.4 is 10.6 Å². The number of urea groups is 1. The fourth-order valence-corrected chi connectivity index (χ4v) is 1.77. The molecule has 21 heavy (non-hydrogen) atoms. The van der Waals surface area contributed by atoms with Gasteiger partial charge in [0.25, 0.3) is 0 Å². The summed E-state index contributed by atoms with van der Waals surface area (Å²) in [5.74, 6) is -0.915. The predicted molar refractivity (Wildman–Crippen MR) is 79.4 cm³/mol. The molecule has 2 aromatic rings. The molecule has 0 aliphatic heterocycles. The monoisotopic (exact) mass is 285 g/mol. The Morgan fingerprint density at radius 1 is 1.14 bits per heavy atom. The van der Waals surface area contributed by atoms with Gasteiger partial charge < -0.3 is 15.7 Å². The van der Waals surface area contributed by atoms with Gasteiger partial charge in [-0.15, -0.1) is 0 Å². The molecule has 6 nitrogen and oxygen atoms in total. The van der Waals surface area contributed by atoms with Gasteiger partial charge in [0.05, 0.1) is 18.3 Å². The van der Waals surface area contributed by atoms with Crippen molar-refractivity contribution in [2.75, 3.05) is 10.6 Å². The Kier molecular flexibility index (Phi) is 4.50. The number of amides is 2. The number of carboxylic acids is 1. The van der Waals surface area contributed by atoms with Crippen molar-refractivity contribution in [3.63, 3.8) is 0 Å². The van der Waals surface area contributed by atoms with E-state index in [1.807, 2.05) is 6.92 Å². The fourth-order valence-electron chi connectivity index (χ4n) is 1.77. The van der Waals surface area contributed by atoms with Crippen LogP contribution in [0.15, 0.2) is 42.6 Å². The SMILES string of the molecule is Cc1ccc(NC(=O)Nc2cccc(CC(=O)O)c2)cn1. The summed E-state index contributed by atoms with van der Waals surface area (Å²) in [4.78, 5) is 26.6. The number of aromatic nitrogens is 1. The second kappa shape index (κ2) is 6.51. The first-order valence-electron chi connectivity index (χ1n) is 6.34. The lowest BCUT2D eigenvalue weighted by Gasteiger charge is -2.08. The maximum Gasteiger partial charge on any atom is 0.323 e. The van der Waals surface area contributed by atoms with Crippen molar-refractivity contribution < 1.29 is 14.7 Å². The highest BCUT2D eigenvalue weighted by Gasteiger charge is 2.05. The molecular formula is C15H15N3O3. The number of hydrogen-bond donors (Lipinski definition) is 3. The van der Waals surface area contributed by atoms with Crippen molar-refractivity contribution in [1.29, 1.82) is 0 Å². The largest absolute Gasteiger partial charge is 0.481 e. The quantitative estimate of drug-likeness (QED) is 0.805. The molecule has 1 heterocycles. The van der Waals surface area contributed by atoms with E-state index in [0.717, 1.165) is 5.69 Å². The van der Waals surface area contributed by atoms with Gasteiger partial charge >= 0.3 is 12.0 Å². The molecule has 0 fully saturated rings. The number of rotatable bonds is 4. The number of carbonyl (C=O) groups excluding carboxylic acids is 1. The first-order chi connectivity index (χ1) is 10.0. The molecule has 1 aromatic carbocycles. The summed E-state index contributed by atoms with van der Waals surface area (Å²) in [7, 11) is 0. The minimum atomic E-state index is -0.915. The third-order valence-electron chi connectivity index (χ3n) is 2.71. The molecule has 6 heteroatoms. The highest BCUT2D eigenvalue weighted by molar-refractivity contribution is 5.99. The number of anilines is 2. The van der Waals surface area contributed by atoms with E-state index in [2.05, 4.69) is 15.6 Å². The van der Waals surface area contributed by atoms with Crippen LogP contribution in [0.5, 0.6) is 0 Å². The van der Waals surface area contributed by atoms with E-state index < -0.39 is 12.0 Å². The van der Waals surface area contributed by atoms with Crippen molar-refractivity contribution in [2.45, 2.75) is 13.3 Å². The minimum Gasteiger partial charge on any atom is -0.481 e. The molecule has 3 N–H and O–H groups in total. The third-order valence-corrected chi connectivity index (χ3v) is 2.71. The summed E-state index contributed by atoms with van der Waals surface area (Å²) in [6.07, 6.45) is 1.48. The van der Waals surface area contributed by atoms with Crippen molar-refractivity contribution in [3.8, 4) is 0 Å². The zero-order valence-corrected chi connectivity index (χ0v) is 11.5. The van der Waals surface area contributed by atoms with Crippen LogP contribution in [-0.4, -0.2) is 22.1 Å². The molecule has 0 spiro atoms. The molecule has 0 saturated carbocycles. The zero-order chi connectivity index (χ0) is 15.2. The summed E-state index contributed by atoms with van der Waals surface area (Å²) >= 11 is 0. The van der Waals surface area contributed by atoms with Gasteiger partial charge in [-0.2, -0.15) is 0 Å². The Hall–Kier alpha value is -2.89. The van der Waals surface area contributed by atoms with Crippen LogP contribution in [0.2, 0.25) is 0 Å². The number of carbonyl (C=O) groups is 2. The van der Waals surface area contributed by atoms with Crippen molar-refractivity contribution in [1.82, 2.24) is 4.98 Å². The second-order valence-corrected chi connectivity index (χ2v) is 4.54. The Morgan fingerprint density at radius 3 is 2.57 bits per heavy atom. The molecule has 0 bridgehead atoms. The van der Waals surface area contributed by atoms with E-state index in [4.69, 9.17) is 5.11 Å². The molecule has 0 radical (unpaired) electrons. The summed E-state index contributed by atoms with van der Waals surface area (Å²) in [5, 5.41) is 14.0. The van der Waals surface area contributed by atoms with Gasteiger partial charge in [0.2, 0.25) is 0 Å². The molecule has 0 atom stereocenters. The summed E-state index contributed by atoms with van der Waals surface area (Å²) in [6, 6.07) is 9.85. The van der Waals surface area contributed by atoms with Gasteiger partial charge in [0.15, 0.2) is 0 Å². The van der Waals surface area contributed by atoms with Crippen LogP contribution >= 0.6 is 0 Å². The van der Waals surface area contributed by atoms with Crippen LogP contribution in [0, 0.1) is 6.92 Å². The lowest BCUT2D eigenvalue weighted by Crippen LogP contribution is -2.19. The third kappa shape index (κ3) is 4.61. The predicted octanol–water partition coefficient (Wildman–Crippen LogP) is 2.66. The molecule has 1 aromatic heterocycles. The Morgan fingerprint density at radius 2 is 1.90 bits per heavy atom. The summed E-state index contributed by atoms with van der Waals surface area (Å²) in [5.41, 5.74) is 2.60. The standard InChI is InChI=1S/C15H15N3O3/c1-10-5-6-13(9-16-10)18-15(21)17-12-4-2-3-11(7-12)8-14(19)20/h2-7,9H,8H2,1H3,(H,19,20)(H2,17,18,21). The maximum absolute atomic E-state index is 11.8. The van der Waals surface area contributed by atoms with Gasteiger partial charge in [0, 0.05) is 11.4 Å². The summed E-state index contributed by atoms with van der Waals surface area (Å²) in [6.45, 7) is 1.86. The van der Waals surface area contributed by atoms with Crippen molar-refractivity contribution in [3.05, 3.63) is 53.9 Å². The smallest absolute Gasteiger partial charge is 0.323 e. The van der Waals surface area contributed by atoms with E-state index >= 15 is 0 Å². The number of nitrogens with one attached hydrogen (secondary N) is 2. The number of pyridine rings is 1. The lowest BCUT2D eigenvalue weighted by atomic mass is 10.1. The zero-order valence-electron chi connectivity index (χ0n) is 11.5. The lowest BCUT2D eigenvalue weighted by molar-refractivity contribution is -0.136. The Labute approximate surface area is 121 Å². The van der Waals surface area contributed by atoms with Crippen LogP contribution in [0.3, 0.4) is 0 Å². The topological polar surface area (TPSA) is 91.3 Å². The van der Waals surface area contributed by atoms with Crippen LogP contribution in [-0.2, 0) is 11.2 Å². The molecule has 0 saturated heterocycles. The van der Waals surface area contributed by atoms with Gasteiger partial charge in [-0.05, 0) is 36.8 Å². The average molecular weight is 285 g/mol. The van der Waals surface area contributed by atoms with E-state index in [9.17, 15) is 9.59 Å². The maximum atomic E-state index is 11.8. The number of carboxylic acid groups (broad SMARTS) is 1. The van der Waals surface area contributed by atoms with Crippen LogP contribution in [0.4, 0.5) is 16.2 Å². The van der Waals surface area contributed by atoms with Gasteiger partial charge in [-0.1, -0.05) is 12.1 Å². The minimum absolute atomic E-state index is 0.0843. The molecule has 0 aliphatic rings. The first kappa shape index (κ1) is 14.5. The molecular weight excluding hydrogens is 270 g/mol. The highest BCUT2D eigenvalue weighted by atomic mass is 16.4. The van der Waals surface area contributed by atoms with Crippen molar-refractivity contribution in [2.24, 2.45) is 0 Å². The molecule has 108 valence electrons. The Balaban J connectivity index is 1.99. The summed E-state index contributed by atoms with van der Waals surface area (Å²) < 4.78 is 0.